The number of piperazine rings is 1. The maximum Gasteiger partial charge on any atom is 0.223 e. The summed E-state index contributed by atoms with van der Waals surface area (Å²) in [6, 6.07) is 0. The van der Waals surface area contributed by atoms with Gasteiger partial charge in [0.05, 0.1) is 0 Å². The molecule has 0 aromatic rings. The molecule has 1 atom stereocenters. The summed E-state index contributed by atoms with van der Waals surface area (Å²) in [7, 11) is 2.10. The smallest absolute Gasteiger partial charge is 0.223 e. The summed E-state index contributed by atoms with van der Waals surface area (Å²) in [6.07, 6.45) is 4.65. The number of carbonyl (C=O) groups is 1. The molecule has 6 heteroatoms. The van der Waals surface area contributed by atoms with E-state index in [-0.39, 0.29) is 5.50 Å². The Balaban J connectivity index is 1.61. The van der Waals surface area contributed by atoms with Crippen LogP contribution in [0.15, 0.2) is 12.3 Å². The third-order valence-electron chi connectivity index (χ3n) is 3.24. The maximum atomic E-state index is 12.0. The van der Waals surface area contributed by atoms with Crippen LogP contribution in [0.25, 0.3) is 0 Å². The van der Waals surface area contributed by atoms with Gasteiger partial charge >= 0.3 is 0 Å². The molecule has 1 saturated heterocycles. The average molecular weight is 270 g/mol. The zero-order valence-electron chi connectivity index (χ0n) is 10.9. The van der Waals surface area contributed by atoms with Crippen LogP contribution in [-0.2, 0) is 4.79 Å². The summed E-state index contributed by atoms with van der Waals surface area (Å²) in [6.45, 7) is 4.65. The molecule has 18 heavy (non-hydrogen) atoms. The van der Waals surface area contributed by atoms with Crippen molar-refractivity contribution in [1.29, 1.82) is 0 Å². The lowest BCUT2D eigenvalue weighted by atomic mass is 10.3. The van der Waals surface area contributed by atoms with Gasteiger partial charge in [-0.3, -0.25) is 10.1 Å². The molecule has 2 N–H and O–H groups in total. The number of carbonyl (C=O) groups excluding carboxylic acids is 1. The second-order valence-corrected chi connectivity index (χ2v) is 5.88. The minimum Gasteiger partial charge on any atom is -0.368 e. The molecule has 0 spiro atoms. The van der Waals surface area contributed by atoms with E-state index in [1.54, 1.807) is 11.8 Å². The summed E-state index contributed by atoms with van der Waals surface area (Å²) >= 11 is 1.76. The Morgan fingerprint density at radius 2 is 2.17 bits per heavy atom. The number of rotatable bonds is 4. The predicted octanol–water partition coefficient (Wildman–Crippen LogP) is -0.126. The molecule has 2 rings (SSSR count). The first-order valence-electron chi connectivity index (χ1n) is 6.48. The topological polar surface area (TPSA) is 47.6 Å². The van der Waals surface area contributed by atoms with Crippen molar-refractivity contribution >= 4 is 17.7 Å². The Hall–Kier alpha value is -0.720. The Morgan fingerprint density at radius 1 is 1.39 bits per heavy atom. The maximum absolute atomic E-state index is 12.0. The van der Waals surface area contributed by atoms with E-state index in [1.807, 2.05) is 17.2 Å². The van der Waals surface area contributed by atoms with E-state index in [0.717, 1.165) is 38.5 Å². The van der Waals surface area contributed by atoms with Gasteiger partial charge in [0, 0.05) is 44.9 Å². The lowest BCUT2D eigenvalue weighted by Crippen LogP contribution is -2.47. The number of amides is 1. The number of nitrogens with one attached hydrogen (secondary N) is 2. The highest BCUT2D eigenvalue weighted by Crippen LogP contribution is 2.11. The summed E-state index contributed by atoms with van der Waals surface area (Å²) in [5.74, 6) is 1.16. The minimum absolute atomic E-state index is 0.246. The average Bonchev–Trinajstić information content (AvgIpc) is 2.40. The molecule has 0 radical (unpaired) electrons. The fraction of sp³-hybridized carbons (Fsp3) is 0.750. The van der Waals surface area contributed by atoms with Crippen LogP contribution in [0.2, 0.25) is 0 Å². The largest absolute Gasteiger partial charge is 0.368 e. The van der Waals surface area contributed by atoms with E-state index >= 15 is 0 Å². The van der Waals surface area contributed by atoms with E-state index in [4.69, 9.17) is 0 Å². The second-order valence-electron chi connectivity index (χ2n) is 4.66. The van der Waals surface area contributed by atoms with E-state index < -0.39 is 0 Å². The third kappa shape index (κ3) is 4.19. The molecular formula is C12H22N4OS. The van der Waals surface area contributed by atoms with Crippen molar-refractivity contribution in [2.45, 2.75) is 11.9 Å². The van der Waals surface area contributed by atoms with Crippen LogP contribution in [0, 0.1) is 0 Å². The SMILES string of the molecule is CN1CCN(C(=O)CCSC2NC=CCN2)CC1. The van der Waals surface area contributed by atoms with Gasteiger partial charge in [0.15, 0.2) is 0 Å². The highest BCUT2D eigenvalue weighted by Gasteiger charge is 2.19. The first-order chi connectivity index (χ1) is 8.75. The predicted molar refractivity (Wildman–Crippen MR) is 75.2 cm³/mol. The van der Waals surface area contributed by atoms with Crippen LogP contribution in [0.3, 0.4) is 0 Å². The Morgan fingerprint density at radius 3 is 2.83 bits per heavy atom. The number of hydrogen-bond acceptors (Lipinski definition) is 5. The summed E-state index contributed by atoms with van der Waals surface area (Å²) < 4.78 is 0. The summed E-state index contributed by atoms with van der Waals surface area (Å²) in [5.41, 5.74) is 0.246. The van der Waals surface area contributed by atoms with E-state index in [0.29, 0.717) is 12.3 Å². The molecule has 0 saturated carbocycles. The zero-order valence-corrected chi connectivity index (χ0v) is 11.7. The fourth-order valence-corrected chi connectivity index (χ4v) is 2.95. The Labute approximate surface area is 113 Å². The number of nitrogens with zero attached hydrogens (tertiary/aromatic N) is 2. The van der Waals surface area contributed by atoms with Gasteiger partial charge in [-0.15, -0.1) is 11.8 Å². The van der Waals surface area contributed by atoms with Crippen molar-refractivity contribution in [3.05, 3.63) is 12.3 Å². The lowest BCUT2D eigenvalue weighted by molar-refractivity contribution is -0.132. The molecule has 0 aromatic carbocycles. The molecule has 5 nitrogen and oxygen atoms in total. The van der Waals surface area contributed by atoms with Crippen molar-refractivity contribution < 1.29 is 4.79 Å². The molecule has 2 heterocycles. The first kappa shape index (κ1) is 13.7. The molecule has 1 unspecified atom stereocenters. The molecule has 102 valence electrons. The van der Waals surface area contributed by atoms with E-state index in [9.17, 15) is 4.79 Å². The molecule has 2 aliphatic heterocycles. The Bertz CT molecular complexity index is 302. The molecule has 2 aliphatic rings. The quantitative estimate of drug-likeness (QED) is 0.745. The monoisotopic (exact) mass is 270 g/mol. The molecule has 1 amide bonds. The normalized spacial score (nSPS) is 24.9. The van der Waals surface area contributed by atoms with Crippen molar-refractivity contribution in [3.8, 4) is 0 Å². The standard InChI is InChI=1S/C12H22N4OS/c1-15-6-8-16(9-7-15)11(17)3-10-18-12-13-4-2-5-14-12/h2,4,12-14H,3,5-10H2,1H3. The number of hydrogen-bond donors (Lipinski definition) is 2. The van der Waals surface area contributed by atoms with Crippen LogP contribution >= 0.6 is 11.8 Å². The Kier molecular flexibility index (Phi) is 5.34. The van der Waals surface area contributed by atoms with Gasteiger partial charge in [-0.1, -0.05) is 6.08 Å². The van der Waals surface area contributed by atoms with Gasteiger partial charge in [0.1, 0.15) is 5.50 Å². The van der Waals surface area contributed by atoms with Crippen LogP contribution < -0.4 is 10.6 Å². The second kappa shape index (κ2) is 7.01. The highest BCUT2D eigenvalue weighted by atomic mass is 32.2. The van der Waals surface area contributed by atoms with Gasteiger partial charge in [0.2, 0.25) is 5.91 Å². The van der Waals surface area contributed by atoms with Crippen LogP contribution in [0.5, 0.6) is 0 Å². The van der Waals surface area contributed by atoms with Gasteiger partial charge in [-0.2, -0.15) is 0 Å². The first-order valence-corrected chi connectivity index (χ1v) is 7.53. The number of thioether (sulfide) groups is 1. The van der Waals surface area contributed by atoms with Gasteiger partial charge in [-0.25, -0.2) is 0 Å². The van der Waals surface area contributed by atoms with Gasteiger partial charge in [0.25, 0.3) is 0 Å². The molecule has 0 aromatic heterocycles. The van der Waals surface area contributed by atoms with Crippen LogP contribution in [0.1, 0.15) is 6.42 Å². The molecular weight excluding hydrogens is 248 g/mol. The van der Waals surface area contributed by atoms with E-state index in [2.05, 4.69) is 22.6 Å². The number of likely N-dealkylation sites (N-methyl/N-ethyl adjacent to an activating group) is 1. The van der Waals surface area contributed by atoms with Crippen molar-refractivity contribution in [2.24, 2.45) is 0 Å². The molecule has 0 bridgehead atoms. The van der Waals surface area contributed by atoms with Gasteiger partial charge in [-0.05, 0) is 13.2 Å². The zero-order chi connectivity index (χ0) is 12.8. The van der Waals surface area contributed by atoms with Gasteiger partial charge < -0.3 is 15.1 Å². The summed E-state index contributed by atoms with van der Waals surface area (Å²) in [5, 5.41) is 6.53. The highest BCUT2D eigenvalue weighted by molar-refractivity contribution is 7.99. The lowest BCUT2D eigenvalue weighted by Gasteiger charge is -2.32. The summed E-state index contributed by atoms with van der Waals surface area (Å²) in [4.78, 5) is 16.2. The van der Waals surface area contributed by atoms with E-state index in [1.165, 1.54) is 0 Å². The van der Waals surface area contributed by atoms with Crippen molar-refractivity contribution in [2.75, 3.05) is 45.5 Å². The molecule has 0 aliphatic carbocycles. The fourth-order valence-electron chi connectivity index (χ4n) is 2.03. The van der Waals surface area contributed by atoms with Crippen molar-refractivity contribution in [3.63, 3.8) is 0 Å². The minimum atomic E-state index is 0.246. The third-order valence-corrected chi connectivity index (χ3v) is 4.32. The van der Waals surface area contributed by atoms with Crippen LogP contribution in [-0.4, -0.2) is 66.7 Å². The molecule has 1 fully saturated rings. The van der Waals surface area contributed by atoms with Crippen molar-refractivity contribution in [1.82, 2.24) is 20.4 Å². The van der Waals surface area contributed by atoms with Crippen LogP contribution in [0.4, 0.5) is 0 Å².